The van der Waals surface area contributed by atoms with Gasteiger partial charge < -0.3 is 14.8 Å². The number of rotatable bonds is 12. The largest absolute Gasteiger partial charge is 0.485 e. The number of hydrogen-bond acceptors (Lipinski definition) is 5. The van der Waals surface area contributed by atoms with Gasteiger partial charge in [-0.15, -0.1) is 0 Å². The summed E-state index contributed by atoms with van der Waals surface area (Å²) in [6.45, 7) is 7.97. The summed E-state index contributed by atoms with van der Waals surface area (Å²) in [5, 5.41) is 6.63. The molecule has 0 aliphatic rings. The second-order valence-electron chi connectivity index (χ2n) is 9.21. The Labute approximate surface area is 226 Å². The second kappa shape index (κ2) is 13.3. The molecule has 1 heterocycles. The highest BCUT2D eigenvalue weighted by molar-refractivity contribution is 5.94. The normalized spacial score (nSPS) is 13.0. The van der Waals surface area contributed by atoms with Crippen LogP contribution in [-0.4, -0.2) is 34.8 Å². The van der Waals surface area contributed by atoms with Gasteiger partial charge in [0, 0.05) is 18.3 Å². The maximum Gasteiger partial charge on any atom is 0.419 e. The Kier molecular flexibility index (Phi) is 10.1. The summed E-state index contributed by atoms with van der Waals surface area (Å²) >= 11 is 0. The molecule has 1 amide bonds. The van der Waals surface area contributed by atoms with E-state index in [9.17, 15) is 22.8 Å². The van der Waals surface area contributed by atoms with E-state index in [4.69, 9.17) is 9.47 Å². The van der Waals surface area contributed by atoms with Crippen molar-refractivity contribution in [2.24, 2.45) is 5.92 Å². The van der Waals surface area contributed by atoms with Crippen molar-refractivity contribution in [3.05, 3.63) is 77.1 Å². The van der Waals surface area contributed by atoms with Crippen molar-refractivity contribution >= 4 is 11.9 Å². The summed E-state index contributed by atoms with van der Waals surface area (Å²) in [5.41, 5.74) is 1.78. The molecule has 0 radical (unpaired) electrons. The predicted molar refractivity (Wildman–Crippen MR) is 141 cm³/mol. The second-order valence-corrected chi connectivity index (χ2v) is 9.21. The number of carbonyl (C=O) groups is 2. The molecular formula is C29H34F3N3O4. The maximum atomic E-state index is 12.9. The van der Waals surface area contributed by atoms with Crippen molar-refractivity contribution in [2.45, 2.75) is 59.2 Å². The molecule has 0 saturated heterocycles. The number of benzene rings is 2. The van der Waals surface area contributed by atoms with Gasteiger partial charge in [-0.2, -0.15) is 18.3 Å². The first kappa shape index (κ1) is 29.7. The minimum atomic E-state index is -4.46. The van der Waals surface area contributed by atoms with Gasteiger partial charge in [-0.1, -0.05) is 32.4 Å². The summed E-state index contributed by atoms with van der Waals surface area (Å²) in [7, 11) is 0. The van der Waals surface area contributed by atoms with Crippen LogP contribution < -0.4 is 10.1 Å². The molecule has 0 fully saturated rings. The Morgan fingerprint density at radius 3 is 2.36 bits per heavy atom. The van der Waals surface area contributed by atoms with Crippen LogP contribution in [0.1, 0.15) is 73.2 Å². The molecule has 7 nitrogen and oxygen atoms in total. The van der Waals surface area contributed by atoms with Gasteiger partial charge in [0.1, 0.15) is 11.9 Å². The molecule has 39 heavy (non-hydrogen) atoms. The standard InChI is InChI=1S/C29H34F3N3O4/c1-5-8-26(21-9-11-22(12-10-21)27(36)33-16-20(6-2)28(37)38-7-3)39-25-14-13-24(15-19(25)4)35-18-23(17-34-35)29(30,31)32/h9-15,17-18,20,26H,5-8,16H2,1-4H3,(H,33,36). The third kappa shape index (κ3) is 7.84. The third-order valence-corrected chi connectivity index (χ3v) is 6.32. The van der Waals surface area contributed by atoms with Gasteiger partial charge in [0.15, 0.2) is 0 Å². The van der Waals surface area contributed by atoms with E-state index in [1.165, 1.54) is 4.68 Å². The van der Waals surface area contributed by atoms with E-state index in [1.807, 2.05) is 32.9 Å². The first-order chi connectivity index (χ1) is 18.6. The fourth-order valence-corrected chi connectivity index (χ4v) is 4.05. The highest BCUT2D eigenvalue weighted by atomic mass is 19.4. The average Bonchev–Trinajstić information content (AvgIpc) is 3.41. The summed E-state index contributed by atoms with van der Waals surface area (Å²) in [6.07, 6.45) is -0.866. The lowest BCUT2D eigenvalue weighted by molar-refractivity contribution is -0.147. The van der Waals surface area contributed by atoms with Crippen LogP contribution in [0.4, 0.5) is 13.2 Å². The van der Waals surface area contributed by atoms with Crippen LogP contribution in [0.3, 0.4) is 0 Å². The van der Waals surface area contributed by atoms with E-state index in [0.29, 0.717) is 30.0 Å². The van der Waals surface area contributed by atoms with E-state index < -0.39 is 17.7 Å². The van der Waals surface area contributed by atoms with Gasteiger partial charge in [-0.05, 0) is 68.1 Å². The molecule has 2 aromatic carbocycles. The first-order valence-corrected chi connectivity index (χ1v) is 13.0. The SMILES string of the molecule is CCCC(Oc1ccc(-n2cc(C(F)(F)F)cn2)cc1C)c1ccc(C(=O)NCC(CC)C(=O)OCC)cc1. The molecule has 3 rings (SSSR count). The van der Waals surface area contributed by atoms with E-state index in [2.05, 4.69) is 10.4 Å². The van der Waals surface area contributed by atoms with Crippen molar-refractivity contribution in [3.63, 3.8) is 0 Å². The number of ether oxygens (including phenoxy) is 2. The van der Waals surface area contributed by atoms with Crippen LogP contribution in [0.15, 0.2) is 54.9 Å². The topological polar surface area (TPSA) is 82.5 Å². The lowest BCUT2D eigenvalue weighted by atomic mass is 10.0. The molecule has 1 aromatic heterocycles. The van der Waals surface area contributed by atoms with E-state index in [1.54, 1.807) is 37.3 Å². The zero-order valence-corrected chi connectivity index (χ0v) is 22.5. The van der Waals surface area contributed by atoms with E-state index in [-0.39, 0.29) is 24.5 Å². The Morgan fingerprint density at radius 2 is 1.79 bits per heavy atom. The lowest BCUT2D eigenvalue weighted by Gasteiger charge is -2.21. The molecule has 0 aliphatic carbocycles. The smallest absolute Gasteiger partial charge is 0.419 e. The molecule has 1 N–H and O–H groups in total. The number of esters is 1. The summed E-state index contributed by atoms with van der Waals surface area (Å²) < 4.78 is 51.3. The van der Waals surface area contributed by atoms with Crippen molar-refractivity contribution in [1.82, 2.24) is 15.1 Å². The van der Waals surface area contributed by atoms with Crippen molar-refractivity contribution in [1.29, 1.82) is 0 Å². The molecule has 2 atom stereocenters. The number of carbonyl (C=O) groups excluding carboxylic acids is 2. The van der Waals surface area contributed by atoms with Gasteiger partial charge in [0.25, 0.3) is 5.91 Å². The molecule has 0 saturated carbocycles. The zero-order chi connectivity index (χ0) is 28.6. The number of aryl methyl sites for hydroxylation is 1. The molecule has 10 heteroatoms. The van der Waals surface area contributed by atoms with Crippen molar-refractivity contribution in [2.75, 3.05) is 13.2 Å². The molecule has 210 valence electrons. The van der Waals surface area contributed by atoms with Crippen LogP contribution in [-0.2, 0) is 15.7 Å². The number of nitrogens with zero attached hydrogens (tertiary/aromatic N) is 2. The summed E-state index contributed by atoms with van der Waals surface area (Å²) in [4.78, 5) is 24.6. The number of nitrogens with one attached hydrogen (secondary N) is 1. The van der Waals surface area contributed by atoms with Crippen LogP contribution in [0.2, 0.25) is 0 Å². The Morgan fingerprint density at radius 1 is 1.08 bits per heavy atom. The fraction of sp³-hybridized carbons (Fsp3) is 0.414. The number of hydrogen-bond donors (Lipinski definition) is 1. The van der Waals surface area contributed by atoms with Crippen LogP contribution in [0.5, 0.6) is 5.75 Å². The van der Waals surface area contributed by atoms with Gasteiger partial charge in [0.05, 0.1) is 30.0 Å². The predicted octanol–water partition coefficient (Wildman–Crippen LogP) is 6.44. The van der Waals surface area contributed by atoms with Gasteiger partial charge in [-0.25, -0.2) is 4.68 Å². The minimum absolute atomic E-state index is 0.197. The number of halogens is 3. The Balaban J connectivity index is 1.69. The molecule has 2 unspecified atom stereocenters. The van der Waals surface area contributed by atoms with Gasteiger partial charge in [0.2, 0.25) is 0 Å². The number of aromatic nitrogens is 2. The fourth-order valence-electron chi connectivity index (χ4n) is 4.05. The van der Waals surface area contributed by atoms with Crippen LogP contribution in [0, 0.1) is 12.8 Å². The average molecular weight is 546 g/mol. The molecule has 0 spiro atoms. The van der Waals surface area contributed by atoms with Crippen molar-refractivity contribution < 1.29 is 32.2 Å². The molecule has 0 bridgehead atoms. The zero-order valence-electron chi connectivity index (χ0n) is 22.5. The van der Waals surface area contributed by atoms with Gasteiger partial charge in [-0.3, -0.25) is 9.59 Å². The Hall–Kier alpha value is -3.82. The Bertz CT molecular complexity index is 1260. The highest BCUT2D eigenvalue weighted by Crippen LogP contribution is 2.32. The lowest BCUT2D eigenvalue weighted by Crippen LogP contribution is -2.33. The van der Waals surface area contributed by atoms with Crippen molar-refractivity contribution in [3.8, 4) is 11.4 Å². The monoisotopic (exact) mass is 545 g/mol. The van der Waals surface area contributed by atoms with Gasteiger partial charge >= 0.3 is 12.1 Å². The highest BCUT2D eigenvalue weighted by Gasteiger charge is 2.32. The molecular weight excluding hydrogens is 511 g/mol. The minimum Gasteiger partial charge on any atom is -0.485 e. The number of alkyl halides is 3. The van der Waals surface area contributed by atoms with Crippen LogP contribution >= 0.6 is 0 Å². The van der Waals surface area contributed by atoms with Crippen LogP contribution in [0.25, 0.3) is 5.69 Å². The summed E-state index contributed by atoms with van der Waals surface area (Å²) in [5.74, 6) is -0.401. The summed E-state index contributed by atoms with van der Waals surface area (Å²) in [6, 6.07) is 12.2. The quantitative estimate of drug-likeness (QED) is 0.265. The van der Waals surface area contributed by atoms with E-state index >= 15 is 0 Å². The van der Waals surface area contributed by atoms with E-state index in [0.717, 1.165) is 36.4 Å². The molecule has 0 aliphatic heterocycles. The molecule has 3 aromatic rings. The third-order valence-electron chi connectivity index (χ3n) is 6.32. The number of amides is 1. The maximum absolute atomic E-state index is 12.9. The first-order valence-electron chi connectivity index (χ1n) is 13.0.